The van der Waals surface area contributed by atoms with Crippen LogP contribution in [0.15, 0.2) is 42.6 Å². The zero-order valence-corrected chi connectivity index (χ0v) is 16.0. The molecule has 0 unspecified atom stereocenters. The first kappa shape index (κ1) is 20.6. The van der Waals surface area contributed by atoms with E-state index in [0.717, 1.165) is 27.7 Å². The fraction of sp³-hybridized carbons (Fsp3) is 0.286. The molecule has 0 saturated carbocycles. The second-order valence-electron chi connectivity index (χ2n) is 6.68. The Kier molecular flexibility index (Phi) is 6.00. The standard InChI is InChI=1S/C21H20F3N3O2/c1-13-16-5-3-4-6-18(16)27-14(2)17(13)10-19(28)26-11-15-7-8-25-20(9-15)29-12-21(22,23)24/h3-9H,10-12H2,1-2H3,(H,26,28). The third-order valence-electron chi connectivity index (χ3n) is 4.50. The summed E-state index contributed by atoms with van der Waals surface area (Å²) in [5, 5.41) is 3.78. The SMILES string of the molecule is Cc1nc2ccccc2c(C)c1CC(=O)NCc1ccnc(OCC(F)(F)F)c1. The minimum atomic E-state index is -4.44. The van der Waals surface area contributed by atoms with Gasteiger partial charge in [-0.15, -0.1) is 0 Å². The molecule has 3 rings (SSSR count). The first-order chi connectivity index (χ1) is 13.7. The quantitative estimate of drug-likeness (QED) is 0.675. The van der Waals surface area contributed by atoms with Crippen molar-refractivity contribution in [3.05, 3.63) is 65.0 Å². The molecule has 0 aliphatic rings. The lowest BCUT2D eigenvalue weighted by atomic mass is 9.99. The fourth-order valence-electron chi connectivity index (χ4n) is 3.05. The summed E-state index contributed by atoms with van der Waals surface area (Å²) in [6, 6.07) is 10.7. The molecule has 0 atom stereocenters. The Bertz CT molecular complexity index is 1040. The minimum absolute atomic E-state index is 0.139. The van der Waals surface area contributed by atoms with Crippen LogP contribution in [0.25, 0.3) is 10.9 Å². The Hall–Kier alpha value is -3.16. The fourth-order valence-corrected chi connectivity index (χ4v) is 3.05. The summed E-state index contributed by atoms with van der Waals surface area (Å²) in [6.45, 7) is 2.58. The van der Waals surface area contributed by atoms with Crippen LogP contribution in [0.1, 0.15) is 22.4 Å². The van der Waals surface area contributed by atoms with Gasteiger partial charge in [-0.3, -0.25) is 9.78 Å². The normalized spacial score (nSPS) is 11.5. The molecule has 2 heterocycles. The van der Waals surface area contributed by atoms with Crippen molar-refractivity contribution in [2.75, 3.05) is 6.61 Å². The van der Waals surface area contributed by atoms with Crippen molar-refractivity contribution in [3.8, 4) is 5.88 Å². The average Bonchev–Trinajstić information content (AvgIpc) is 2.68. The van der Waals surface area contributed by atoms with E-state index in [9.17, 15) is 18.0 Å². The number of hydrogen-bond donors (Lipinski definition) is 1. The number of carbonyl (C=O) groups is 1. The van der Waals surface area contributed by atoms with Crippen molar-refractivity contribution >= 4 is 16.8 Å². The highest BCUT2D eigenvalue weighted by Gasteiger charge is 2.28. The molecule has 0 aliphatic carbocycles. The van der Waals surface area contributed by atoms with E-state index in [2.05, 4.69) is 20.0 Å². The molecule has 3 aromatic rings. The van der Waals surface area contributed by atoms with Gasteiger partial charge in [0.05, 0.1) is 11.9 Å². The highest BCUT2D eigenvalue weighted by Crippen LogP contribution is 2.23. The highest BCUT2D eigenvalue weighted by atomic mass is 19.4. The maximum atomic E-state index is 12.4. The molecule has 0 aliphatic heterocycles. The molecular weight excluding hydrogens is 383 g/mol. The van der Waals surface area contributed by atoms with Crippen LogP contribution in [0, 0.1) is 13.8 Å². The summed E-state index contributed by atoms with van der Waals surface area (Å²) in [5.74, 6) is -0.345. The van der Waals surface area contributed by atoms with Gasteiger partial charge in [0.2, 0.25) is 11.8 Å². The van der Waals surface area contributed by atoms with Crippen molar-refractivity contribution in [1.29, 1.82) is 0 Å². The molecule has 1 aromatic carbocycles. The number of benzene rings is 1. The Morgan fingerprint density at radius 1 is 1.17 bits per heavy atom. The topological polar surface area (TPSA) is 64.1 Å². The number of aromatic nitrogens is 2. The third kappa shape index (κ3) is 5.43. The summed E-state index contributed by atoms with van der Waals surface area (Å²) in [6.07, 6.45) is -2.93. The van der Waals surface area contributed by atoms with Crippen molar-refractivity contribution < 1.29 is 22.7 Å². The molecular formula is C21H20F3N3O2. The summed E-state index contributed by atoms with van der Waals surface area (Å²) >= 11 is 0. The van der Waals surface area contributed by atoms with Gasteiger partial charge in [-0.25, -0.2) is 4.98 Å². The van der Waals surface area contributed by atoms with E-state index < -0.39 is 12.8 Å². The first-order valence-corrected chi connectivity index (χ1v) is 8.99. The van der Waals surface area contributed by atoms with E-state index in [1.807, 2.05) is 38.1 Å². The molecule has 152 valence electrons. The van der Waals surface area contributed by atoms with Crippen molar-refractivity contribution in [1.82, 2.24) is 15.3 Å². The number of amides is 1. The maximum Gasteiger partial charge on any atom is 0.422 e. The van der Waals surface area contributed by atoms with Crippen LogP contribution in [0.5, 0.6) is 5.88 Å². The van der Waals surface area contributed by atoms with Crippen LogP contribution in [0.3, 0.4) is 0 Å². The largest absolute Gasteiger partial charge is 0.468 e. The van der Waals surface area contributed by atoms with Crippen LogP contribution in [0.4, 0.5) is 13.2 Å². The van der Waals surface area contributed by atoms with Gasteiger partial charge in [0.25, 0.3) is 0 Å². The number of nitrogens with one attached hydrogen (secondary N) is 1. The van der Waals surface area contributed by atoms with E-state index >= 15 is 0 Å². The number of para-hydroxylation sites is 1. The summed E-state index contributed by atoms with van der Waals surface area (Å²) in [7, 11) is 0. The predicted octanol–water partition coefficient (Wildman–Crippen LogP) is 4.05. The number of hydrogen-bond acceptors (Lipinski definition) is 4. The van der Waals surface area contributed by atoms with E-state index in [1.165, 1.54) is 12.3 Å². The van der Waals surface area contributed by atoms with Crippen LogP contribution in [-0.2, 0) is 17.8 Å². The number of aryl methyl sites for hydroxylation is 2. The Morgan fingerprint density at radius 2 is 1.93 bits per heavy atom. The number of alkyl halides is 3. The van der Waals surface area contributed by atoms with E-state index in [1.54, 1.807) is 6.07 Å². The van der Waals surface area contributed by atoms with Crippen LogP contribution >= 0.6 is 0 Å². The zero-order valence-electron chi connectivity index (χ0n) is 16.0. The summed E-state index contributed by atoms with van der Waals surface area (Å²) < 4.78 is 41.4. The molecule has 0 bridgehead atoms. The molecule has 2 aromatic heterocycles. The van der Waals surface area contributed by atoms with Gasteiger partial charge in [0.15, 0.2) is 6.61 Å². The van der Waals surface area contributed by atoms with Gasteiger partial charge in [-0.05, 0) is 42.7 Å². The van der Waals surface area contributed by atoms with Gasteiger partial charge in [-0.2, -0.15) is 13.2 Å². The maximum absolute atomic E-state index is 12.4. The van der Waals surface area contributed by atoms with Gasteiger partial charge in [-0.1, -0.05) is 18.2 Å². The van der Waals surface area contributed by atoms with Crippen LogP contribution < -0.4 is 10.1 Å². The van der Waals surface area contributed by atoms with Gasteiger partial charge in [0.1, 0.15) is 0 Å². The highest BCUT2D eigenvalue weighted by molar-refractivity contribution is 5.86. The van der Waals surface area contributed by atoms with Gasteiger partial charge < -0.3 is 10.1 Å². The molecule has 1 N–H and O–H groups in total. The second kappa shape index (κ2) is 8.46. The predicted molar refractivity (Wildman–Crippen MR) is 103 cm³/mol. The summed E-state index contributed by atoms with van der Waals surface area (Å²) in [5.41, 5.74) is 4.15. The van der Waals surface area contributed by atoms with Gasteiger partial charge >= 0.3 is 6.18 Å². The van der Waals surface area contributed by atoms with E-state index in [-0.39, 0.29) is 24.8 Å². The molecule has 8 heteroatoms. The van der Waals surface area contributed by atoms with Crippen LogP contribution in [0.2, 0.25) is 0 Å². The number of ether oxygens (including phenoxy) is 1. The third-order valence-corrected chi connectivity index (χ3v) is 4.50. The lowest BCUT2D eigenvalue weighted by molar-refractivity contribution is -0.154. The minimum Gasteiger partial charge on any atom is -0.468 e. The molecule has 0 fully saturated rings. The number of pyridine rings is 2. The van der Waals surface area contributed by atoms with Crippen molar-refractivity contribution in [3.63, 3.8) is 0 Å². The van der Waals surface area contributed by atoms with Gasteiger partial charge in [0, 0.05) is 29.9 Å². The number of fused-ring (bicyclic) bond motifs is 1. The number of halogens is 3. The molecule has 29 heavy (non-hydrogen) atoms. The Balaban J connectivity index is 1.64. The second-order valence-corrected chi connectivity index (χ2v) is 6.68. The number of carbonyl (C=O) groups excluding carboxylic acids is 1. The Labute approximate surface area is 165 Å². The first-order valence-electron chi connectivity index (χ1n) is 8.99. The molecule has 0 radical (unpaired) electrons. The average molecular weight is 403 g/mol. The van der Waals surface area contributed by atoms with Crippen molar-refractivity contribution in [2.45, 2.75) is 33.0 Å². The smallest absolute Gasteiger partial charge is 0.422 e. The molecule has 0 spiro atoms. The molecule has 5 nitrogen and oxygen atoms in total. The monoisotopic (exact) mass is 403 g/mol. The van der Waals surface area contributed by atoms with Crippen LogP contribution in [-0.4, -0.2) is 28.7 Å². The number of nitrogens with zero attached hydrogens (tertiary/aromatic N) is 2. The molecule has 0 saturated heterocycles. The lowest BCUT2D eigenvalue weighted by Gasteiger charge is -2.13. The lowest BCUT2D eigenvalue weighted by Crippen LogP contribution is -2.25. The summed E-state index contributed by atoms with van der Waals surface area (Å²) in [4.78, 5) is 20.7. The van der Waals surface area contributed by atoms with E-state index in [4.69, 9.17) is 0 Å². The molecule has 1 amide bonds. The number of rotatable bonds is 6. The zero-order chi connectivity index (χ0) is 21.0. The van der Waals surface area contributed by atoms with E-state index in [0.29, 0.717) is 5.56 Å². The Morgan fingerprint density at radius 3 is 2.69 bits per heavy atom. The van der Waals surface area contributed by atoms with Crippen molar-refractivity contribution in [2.24, 2.45) is 0 Å².